The third-order valence-electron chi connectivity index (χ3n) is 4.50. The van der Waals surface area contributed by atoms with E-state index in [1.165, 1.54) is 6.07 Å². The van der Waals surface area contributed by atoms with Crippen molar-refractivity contribution < 1.29 is 14.0 Å². The lowest BCUT2D eigenvalue weighted by atomic mass is 9.95. The summed E-state index contributed by atoms with van der Waals surface area (Å²) in [5, 5.41) is 0. The first kappa shape index (κ1) is 14.0. The predicted octanol–water partition coefficient (Wildman–Crippen LogP) is 1.97. The molecule has 112 valence electrons. The second-order valence-electron chi connectivity index (χ2n) is 5.77. The summed E-state index contributed by atoms with van der Waals surface area (Å²) < 4.78 is 14.0. The lowest BCUT2D eigenvalue weighted by Crippen LogP contribution is -2.43. The molecule has 5 heteroatoms. The first-order valence-corrected chi connectivity index (χ1v) is 7.42. The number of nitrogens with zero attached hydrogens (tertiary/aromatic N) is 2. The number of hydrogen-bond acceptors (Lipinski definition) is 2. The molecule has 2 heterocycles. The molecule has 0 aliphatic carbocycles. The van der Waals surface area contributed by atoms with Crippen molar-refractivity contribution in [2.75, 3.05) is 24.5 Å². The number of piperidine rings is 1. The lowest BCUT2D eigenvalue weighted by Gasteiger charge is -2.32. The Kier molecular flexibility index (Phi) is 3.66. The van der Waals surface area contributed by atoms with Crippen molar-refractivity contribution in [3.05, 3.63) is 29.6 Å². The Hall–Kier alpha value is -1.91. The number of carbonyl (C=O) groups excluding carboxylic acids is 2. The molecular weight excluding hydrogens is 271 g/mol. The average Bonchev–Trinajstić information content (AvgIpc) is 2.92. The van der Waals surface area contributed by atoms with E-state index in [1.807, 2.05) is 6.07 Å². The maximum Gasteiger partial charge on any atom is 0.230 e. The van der Waals surface area contributed by atoms with Gasteiger partial charge in [0.1, 0.15) is 5.82 Å². The molecule has 2 aliphatic rings. The van der Waals surface area contributed by atoms with Crippen LogP contribution in [0.25, 0.3) is 0 Å². The number of fused-ring (bicyclic) bond motifs is 1. The van der Waals surface area contributed by atoms with Crippen LogP contribution in [0.5, 0.6) is 0 Å². The van der Waals surface area contributed by atoms with E-state index in [0.29, 0.717) is 44.6 Å². The molecule has 0 spiro atoms. The van der Waals surface area contributed by atoms with Gasteiger partial charge in [0, 0.05) is 32.5 Å². The van der Waals surface area contributed by atoms with Crippen molar-refractivity contribution in [2.24, 2.45) is 5.92 Å². The Labute approximate surface area is 123 Å². The molecule has 1 saturated heterocycles. The van der Waals surface area contributed by atoms with Gasteiger partial charge in [-0.25, -0.2) is 4.39 Å². The van der Waals surface area contributed by atoms with E-state index in [0.717, 1.165) is 5.56 Å². The Balaban J connectivity index is 1.73. The SMILES string of the molecule is CC(=O)N1CCC(C(=O)N2CCc3cccc(F)c32)CC1. The zero-order chi connectivity index (χ0) is 15.0. The smallest absolute Gasteiger partial charge is 0.230 e. The van der Waals surface area contributed by atoms with Crippen molar-refractivity contribution in [3.63, 3.8) is 0 Å². The Morgan fingerprint density at radius 3 is 2.57 bits per heavy atom. The van der Waals surface area contributed by atoms with Crippen LogP contribution < -0.4 is 4.90 Å². The van der Waals surface area contributed by atoms with Crippen LogP contribution in [-0.4, -0.2) is 36.3 Å². The Bertz CT molecular complexity index is 580. The summed E-state index contributed by atoms with van der Waals surface area (Å²) in [5.41, 5.74) is 1.36. The number of likely N-dealkylation sites (tertiary alicyclic amines) is 1. The van der Waals surface area contributed by atoms with Crippen LogP contribution in [0.4, 0.5) is 10.1 Å². The number of rotatable bonds is 1. The lowest BCUT2D eigenvalue weighted by molar-refractivity contribution is -0.133. The van der Waals surface area contributed by atoms with Gasteiger partial charge >= 0.3 is 0 Å². The molecule has 0 saturated carbocycles. The maximum absolute atomic E-state index is 14.0. The molecule has 21 heavy (non-hydrogen) atoms. The number of halogens is 1. The third-order valence-corrected chi connectivity index (χ3v) is 4.50. The minimum atomic E-state index is -0.320. The first-order valence-electron chi connectivity index (χ1n) is 7.42. The number of hydrogen-bond donors (Lipinski definition) is 0. The summed E-state index contributed by atoms with van der Waals surface area (Å²) in [7, 11) is 0. The van der Waals surface area contributed by atoms with E-state index >= 15 is 0 Å². The van der Waals surface area contributed by atoms with Crippen LogP contribution in [0.3, 0.4) is 0 Å². The number of carbonyl (C=O) groups is 2. The second kappa shape index (κ2) is 5.47. The molecule has 0 atom stereocenters. The van der Waals surface area contributed by atoms with Crippen LogP contribution in [0.1, 0.15) is 25.3 Å². The van der Waals surface area contributed by atoms with Crippen LogP contribution in [0.2, 0.25) is 0 Å². The predicted molar refractivity (Wildman–Crippen MR) is 77.4 cm³/mol. The van der Waals surface area contributed by atoms with Crippen molar-refractivity contribution in [3.8, 4) is 0 Å². The summed E-state index contributed by atoms with van der Waals surface area (Å²) in [6, 6.07) is 4.97. The molecule has 2 aliphatic heterocycles. The topological polar surface area (TPSA) is 40.6 Å². The molecule has 0 aromatic heterocycles. The zero-order valence-corrected chi connectivity index (χ0v) is 12.1. The average molecular weight is 290 g/mol. The molecule has 1 aromatic rings. The monoisotopic (exact) mass is 290 g/mol. The van der Waals surface area contributed by atoms with Gasteiger partial charge in [0.25, 0.3) is 0 Å². The zero-order valence-electron chi connectivity index (χ0n) is 12.1. The highest BCUT2D eigenvalue weighted by atomic mass is 19.1. The van der Waals surface area contributed by atoms with Crippen molar-refractivity contribution in [2.45, 2.75) is 26.2 Å². The Morgan fingerprint density at radius 2 is 1.90 bits per heavy atom. The molecule has 0 radical (unpaired) electrons. The van der Waals surface area contributed by atoms with E-state index in [4.69, 9.17) is 0 Å². The van der Waals surface area contributed by atoms with Crippen molar-refractivity contribution in [1.82, 2.24) is 4.90 Å². The van der Waals surface area contributed by atoms with Crippen LogP contribution >= 0.6 is 0 Å². The summed E-state index contributed by atoms with van der Waals surface area (Å²) in [6.07, 6.45) is 2.04. The molecule has 2 amide bonds. The standard InChI is InChI=1S/C16H19FN2O2/c1-11(20)18-8-5-13(6-9-18)16(21)19-10-7-12-3-2-4-14(17)15(12)19/h2-4,13H,5-10H2,1H3. The highest BCUT2D eigenvalue weighted by Crippen LogP contribution is 2.33. The van der Waals surface area contributed by atoms with Crippen LogP contribution in [0.15, 0.2) is 18.2 Å². The molecular formula is C16H19FN2O2. The highest BCUT2D eigenvalue weighted by Gasteiger charge is 2.34. The van der Waals surface area contributed by atoms with Gasteiger partial charge in [-0.05, 0) is 30.9 Å². The fourth-order valence-corrected chi connectivity index (χ4v) is 3.29. The molecule has 1 fully saturated rings. The minimum absolute atomic E-state index is 0.00190. The van der Waals surface area contributed by atoms with E-state index in [2.05, 4.69) is 0 Å². The van der Waals surface area contributed by atoms with E-state index in [9.17, 15) is 14.0 Å². The van der Waals surface area contributed by atoms with Gasteiger partial charge in [0.05, 0.1) is 5.69 Å². The van der Waals surface area contributed by atoms with Crippen molar-refractivity contribution >= 4 is 17.5 Å². The maximum atomic E-state index is 14.0. The van der Waals surface area contributed by atoms with Gasteiger partial charge in [0.15, 0.2) is 0 Å². The fourth-order valence-electron chi connectivity index (χ4n) is 3.29. The highest BCUT2D eigenvalue weighted by molar-refractivity contribution is 5.97. The molecule has 0 unspecified atom stereocenters. The molecule has 0 N–H and O–H groups in total. The molecule has 1 aromatic carbocycles. The van der Waals surface area contributed by atoms with Gasteiger partial charge in [-0.1, -0.05) is 12.1 Å². The van der Waals surface area contributed by atoms with Gasteiger partial charge in [-0.3, -0.25) is 9.59 Å². The van der Waals surface area contributed by atoms with E-state index in [1.54, 1.807) is 22.8 Å². The van der Waals surface area contributed by atoms with Gasteiger partial charge < -0.3 is 9.80 Å². The summed E-state index contributed by atoms with van der Waals surface area (Å²) >= 11 is 0. The molecule has 0 bridgehead atoms. The van der Waals surface area contributed by atoms with Gasteiger partial charge in [-0.2, -0.15) is 0 Å². The third kappa shape index (κ3) is 2.52. The van der Waals surface area contributed by atoms with E-state index < -0.39 is 0 Å². The van der Waals surface area contributed by atoms with E-state index in [-0.39, 0.29) is 23.5 Å². The summed E-state index contributed by atoms with van der Waals surface area (Å²) in [6.45, 7) is 3.34. The number of amides is 2. The normalized spacial score (nSPS) is 18.8. The minimum Gasteiger partial charge on any atom is -0.343 e. The Morgan fingerprint density at radius 1 is 1.19 bits per heavy atom. The van der Waals surface area contributed by atoms with Crippen LogP contribution in [0, 0.1) is 11.7 Å². The van der Waals surface area contributed by atoms with Crippen molar-refractivity contribution in [1.29, 1.82) is 0 Å². The molecule has 3 rings (SSSR count). The summed E-state index contributed by atoms with van der Waals surface area (Å²) in [5.74, 6) is -0.369. The number of benzene rings is 1. The van der Waals surface area contributed by atoms with Gasteiger partial charge in [0.2, 0.25) is 11.8 Å². The number of para-hydroxylation sites is 1. The largest absolute Gasteiger partial charge is 0.343 e. The summed E-state index contributed by atoms with van der Waals surface area (Å²) in [4.78, 5) is 27.3. The van der Waals surface area contributed by atoms with Gasteiger partial charge in [-0.15, -0.1) is 0 Å². The quantitative estimate of drug-likeness (QED) is 0.793. The second-order valence-corrected chi connectivity index (χ2v) is 5.77. The molecule has 4 nitrogen and oxygen atoms in total. The first-order chi connectivity index (χ1) is 10.1. The van der Waals surface area contributed by atoms with Crippen LogP contribution in [-0.2, 0) is 16.0 Å². The fraction of sp³-hybridized carbons (Fsp3) is 0.500. The number of anilines is 1.